The first-order chi connectivity index (χ1) is 8.70. The fourth-order valence-electron chi connectivity index (χ4n) is 1.87. The smallest absolute Gasteiger partial charge is 0.240 e. The van der Waals surface area contributed by atoms with Gasteiger partial charge in [0, 0.05) is 12.0 Å². The van der Waals surface area contributed by atoms with Crippen molar-refractivity contribution in [3.05, 3.63) is 11.7 Å². The third-order valence-electron chi connectivity index (χ3n) is 3.19. The van der Waals surface area contributed by atoms with Crippen molar-refractivity contribution in [3.63, 3.8) is 0 Å². The van der Waals surface area contributed by atoms with Crippen molar-refractivity contribution in [2.75, 3.05) is 13.6 Å². The zero-order valence-electron chi connectivity index (χ0n) is 10.6. The molecule has 2 saturated carbocycles. The molecule has 0 saturated heterocycles. The van der Waals surface area contributed by atoms with E-state index in [0.29, 0.717) is 30.9 Å². The molecule has 0 atom stereocenters. The van der Waals surface area contributed by atoms with E-state index < -0.39 is 0 Å². The first-order valence-corrected chi connectivity index (χ1v) is 6.51. The number of nitrogens with one attached hydrogen (secondary N) is 1. The molecule has 2 fully saturated rings. The van der Waals surface area contributed by atoms with Crippen molar-refractivity contribution in [2.24, 2.45) is 0 Å². The molecule has 2 aliphatic carbocycles. The number of rotatable bonds is 6. The lowest BCUT2D eigenvalue weighted by atomic mass is 10.4. The molecule has 1 N–H and O–H groups in total. The second-order valence-electron chi connectivity index (χ2n) is 5.33. The average Bonchev–Trinajstić information content (AvgIpc) is 3.21. The van der Waals surface area contributed by atoms with E-state index in [-0.39, 0.29) is 5.91 Å². The van der Waals surface area contributed by atoms with Crippen molar-refractivity contribution in [1.82, 2.24) is 20.4 Å². The van der Waals surface area contributed by atoms with Crippen LogP contribution in [-0.2, 0) is 11.3 Å². The minimum absolute atomic E-state index is 0.0712. The molecule has 0 spiro atoms. The SMILES string of the molecule is CN(CC(=O)NC1CC1)Cc1nc(C2CC2)no1. The number of amides is 1. The quantitative estimate of drug-likeness (QED) is 0.803. The molecular weight excluding hydrogens is 232 g/mol. The van der Waals surface area contributed by atoms with E-state index in [1.165, 1.54) is 12.8 Å². The lowest BCUT2D eigenvalue weighted by molar-refractivity contribution is -0.122. The minimum Gasteiger partial charge on any atom is -0.352 e. The normalized spacial score (nSPS) is 19.2. The van der Waals surface area contributed by atoms with E-state index in [9.17, 15) is 4.79 Å². The Kier molecular flexibility index (Phi) is 3.03. The summed E-state index contributed by atoms with van der Waals surface area (Å²) in [5, 5.41) is 6.91. The monoisotopic (exact) mass is 250 g/mol. The highest BCUT2D eigenvalue weighted by molar-refractivity contribution is 5.78. The van der Waals surface area contributed by atoms with E-state index >= 15 is 0 Å². The molecule has 18 heavy (non-hydrogen) atoms. The van der Waals surface area contributed by atoms with Crippen LogP contribution in [0.25, 0.3) is 0 Å². The van der Waals surface area contributed by atoms with Gasteiger partial charge in [0.05, 0.1) is 13.1 Å². The van der Waals surface area contributed by atoms with Gasteiger partial charge in [0.1, 0.15) is 0 Å². The molecule has 1 aromatic heterocycles. The number of aromatic nitrogens is 2. The first kappa shape index (κ1) is 11.6. The molecule has 0 radical (unpaired) electrons. The molecule has 0 aromatic carbocycles. The van der Waals surface area contributed by atoms with Crippen LogP contribution < -0.4 is 5.32 Å². The molecular formula is C12H18N4O2. The zero-order valence-corrected chi connectivity index (χ0v) is 10.6. The highest BCUT2D eigenvalue weighted by atomic mass is 16.5. The lowest BCUT2D eigenvalue weighted by Gasteiger charge is -2.13. The van der Waals surface area contributed by atoms with E-state index in [1.807, 2.05) is 11.9 Å². The molecule has 98 valence electrons. The van der Waals surface area contributed by atoms with E-state index in [2.05, 4.69) is 15.5 Å². The maximum absolute atomic E-state index is 11.6. The summed E-state index contributed by atoms with van der Waals surface area (Å²) in [7, 11) is 1.88. The fraction of sp³-hybridized carbons (Fsp3) is 0.750. The summed E-state index contributed by atoms with van der Waals surface area (Å²) in [5.74, 6) is 1.99. The molecule has 6 nitrogen and oxygen atoms in total. The maximum Gasteiger partial charge on any atom is 0.240 e. The van der Waals surface area contributed by atoms with Gasteiger partial charge in [-0.2, -0.15) is 4.98 Å². The molecule has 1 amide bonds. The van der Waals surface area contributed by atoms with Crippen LogP contribution >= 0.6 is 0 Å². The average molecular weight is 250 g/mol. The molecule has 0 unspecified atom stereocenters. The Hall–Kier alpha value is -1.43. The van der Waals surface area contributed by atoms with E-state index in [1.54, 1.807) is 0 Å². The first-order valence-electron chi connectivity index (χ1n) is 6.51. The van der Waals surface area contributed by atoms with Gasteiger partial charge in [0.25, 0.3) is 0 Å². The lowest BCUT2D eigenvalue weighted by Crippen LogP contribution is -2.36. The van der Waals surface area contributed by atoms with Gasteiger partial charge in [-0.05, 0) is 32.7 Å². The number of likely N-dealkylation sites (N-methyl/N-ethyl adjacent to an activating group) is 1. The number of carbonyl (C=O) groups excluding carboxylic acids is 1. The second-order valence-corrected chi connectivity index (χ2v) is 5.33. The molecule has 0 aliphatic heterocycles. The minimum atomic E-state index is 0.0712. The Balaban J connectivity index is 1.46. The Morgan fingerprint density at radius 3 is 2.89 bits per heavy atom. The molecule has 1 aromatic rings. The Morgan fingerprint density at radius 1 is 1.44 bits per heavy atom. The van der Waals surface area contributed by atoms with Gasteiger partial charge < -0.3 is 9.84 Å². The van der Waals surface area contributed by atoms with Crippen molar-refractivity contribution in [3.8, 4) is 0 Å². The second kappa shape index (κ2) is 4.68. The van der Waals surface area contributed by atoms with Gasteiger partial charge in [-0.25, -0.2) is 0 Å². The zero-order chi connectivity index (χ0) is 12.5. The predicted molar refractivity (Wildman–Crippen MR) is 63.8 cm³/mol. The predicted octanol–water partition coefficient (Wildman–Crippen LogP) is 0.657. The fourth-order valence-corrected chi connectivity index (χ4v) is 1.87. The van der Waals surface area contributed by atoms with Crippen LogP contribution in [-0.4, -0.2) is 40.6 Å². The van der Waals surface area contributed by atoms with Gasteiger partial charge in [-0.3, -0.25) is 9.69 Å². The van der Waals surface area contributed by atoms with Crippen molar-refractivity contribution >= 4 is 5.91 Å². The van der Waals surface area contributed by atoms with Gasteiger partial charge in [-0.1, -0.05) is 5.16 Å². The van der Waals surface area contributed by atoms with Crippen LogP contribution in [0.1, 0.15) is 43.3 Å². The van der Waals surface area contributed by atoms with E-state index in [0.717, 1.165) is 18.7 Å². The number of hydrogen-bond donors (Lipinski definition) is 1. The van der Waals surface area contributed by atoms with Gasteiger partial charge in [-0.15, -0.1) is 0 Å². The third-order valence-corrected chi connectivity index (χ3v) is 3.19. The van der Waals surface area contributed by atoms with Crippen molar-refractivity contribution in [1.29, 1.82) is 0 Å². The summed E-state index contributed by atoms with van der Waals surface area (Å²) in [4.78, 5) is 17.8. The summed E-state index contributed by atoms with van der Waals surface area (Å²) in [5.41, 5.74) is 0. The summed E-state index contributed by atoms with van der Waals surface area (Å²) in [6, 6.07) is 0.413. The standard InChI is InChI=1S/C12H18N4O2/c1-16(6-10(17)13-9-4-5-9)7-11-14-12(15-18-11)8-2-3-8/h8-9H,2-7H2,1H3,(H,13,17). The van der Waals surface area contributed by atoms with Crippen molar-refractivity contribution < 1.29 is 9.32 Å². The van der Waals surface area contributed by atoms with Gasteiger partial charge in [0.2, 0.25) is 11.8 Å². The van der Waals surface area contributed by atoms with Crippen LogP contribution in [0.3, 0.4) is 0 Å². The van der Waals surface area contributed by atoms with Crippen molar-refractivity contribution in [2.45, 2.75) is 44.2 Å². The summed E-state index contributed by atoms with van der Waals surface area (Å²) >= 11 is 0. The summed E-state index contributed by atoms with van der Waals surface area (Å²) < 4.78 is 5.18. The summed E-state index contributed by atoms with van der Waals surface area (Å²) in [6.07, 6.45) is 4.56. The molecule has 0 bridgehead atoms. The largest absolute Gasteiger partial charge is 0.352 e. The van der Waals surface area contributed by atoms with E-state index in [4.69, 9.17) is 4.52 Å². The van der Waals surface area contributed by atoms with Crippen LogP contribution in [0, 0.1) is 0 Å². The Labute approximate surface area is 106 Å². The third kappa shape index (κ3) is 3.07. The molecule has 1 heterocycles. The molecule has 2 aliphatic rings. The van der Waals surface area contributed by atoms with Crippen LogP contribution in [0.5, 0.6) is 0 Å². The molecule has 3 rings (SSSR count). The van der Waals surface area contributed by atoms with Crippen LogP contribution in [0.2, 0.25) is 0 Å². The Bertz CT molecular complexity index is 437. The Morgan fingerprint density at radius 2 is 2.22 bits per heavy atom. The topological polar surface area (TPSA) is 71.3 Å². The number of carbonyl (C=O) groups is 1. The number of nitrogens with zero attached hydrogens (tertiary/aromatic N) is 3. The summed E-state index contributed by atoms with van der Waals surface area (Å²) in [6.45, 7) is 0.898. The van der Waals surface area contributed by atoms with Gasteiger partial charge >= 0.3 is 0 Å². The highest BCUT2D eigenvalue weighted by Crippen LogP contribution is 2.38. The number of hydrogen-bond acceptors (Lipinski definition) is 5. The molecule has 6 heteroatoms. The maximum atomic E-state index is 11.6. The van der Waals surface area contributed by atoms with Crippen LogP contribution in [0.15, 0.2) is 4.52 Å². The van der Waals surface area contributed by atoms with Gasteiger partial charge in [0.15, 0.2) is 5.82 Å². The highest BCUT2D eigenvalue weighted by Gasteiger charge is 2.29. The van der Waals surface area contributed by atoms with Crippen LogP contribution in [0.4, 0.5) is 0 Å².